The lowest BCUT2D eigenvalue weighted by Gasteiger charge is -2.40. The zero-order chi connectivity index (χ0) is 46.3. The molecule has 0 saturated carbocycles. The van der Waals surface area contributed by atoms with Crippen LogP contribution >= 0.6 is 23.5 Å². The molecule has 4 aromatic carbocycles. The van der Waals surface area contributed by atoms with Crippen LogP contribution in [0.3, 0.4) is 0 Å². The Kier molecular flexibility index (Phi) is 14.9. The quantitative estimate of drug-likeness (QED) is 0.0649. The lowest BCUT2D eigenvalue weighted by Crippen LogP contribution is -2.39. The van der Waals surface area contributed by atoms with Gasteiger partial charge in [0.15, 0.2) is 23.0 Å². The van der Waals surface area contributed by atoms with Crippen LogP contribution in [0, 0.1) is 11.8 Å². The molecular formula is C48H50O16S2. The zero-order valence-corrected chi connectivity index (χ0v) is 38.5. The molecular weight excluding hydrogens is 897 g/mol. The van der Waals surface area contributed by atoms with Crippen LogP contribution in [-0.4, -0.2) is 103 Å². The number of carbonyl (C=O) groups excluding carboxylic acids is 4. The number of benzene rings is 4. The summed E-state index contributed by atoms with van der Waals surface area (Å²) in [5.74, 6) is -3.19. The lowest BCUT2D eigenvalue weighted by molar-refractivity contribution is -0.233. The summed E-state index contributed by atoms with van der Waals surface area (Å²) in [5.41, 5.74) is 3.06. The number of carbonyl (C=O) groups is 4. The third-order valence-corrected chi connectivity index (χ3v) is 13.4. The molecule has 0 unspecified atom stereocenters. The highest BCUT2D eigenvalue weighted by atomic mass is 32.2. The summed E-state index contributed by atoms with van der Waals surface area (Å²) in [6, 6.07) is 23.1. The Morgan fingerprint density at radius 2 is 0.788 bits per heavy atom. The van der Waals surface area contributed by atoms with Crippen LogP contribution in [-0.2, 0) is 68.6 Å². The van der Waals surface area contributed by atoms with Crippen molar-refractivity contribution in [2.75, 3.05) is 79.3 Å². The van der Waals surface area contributed by atoms with Gasteiger partial charge < -0.3 is 56.8 Å². The standard InChI is InChI=1S/C48H50O16S2/c1-29(49)53-17-21-57-39-15-13-37-45(43(39)59-23-19-55-31(3)51)65-41-11-7-5-9-35(41)47(37)61-25-33-27-63-48(64-28-34(33)26-62-47)36-10-6-8-12-42(36)66-46-38(48)14-16-40(58-22-18-54-30(2)50)44(46)60-24-20-56-32(4)52/h5-16,33-34H,17-28H2,1-4H3. The first-order valence-electron chi connectivity index (χ1n) is 21.5. The summed E-state index contributed by atoms with van der Waals surface area (Å²) >= 11 is 2.96. The fraction of sp³-hybridized carbons (Fsp3) is 0.417. The van der Waals surface area contributed by atoms with E-state index in [-0.39, 0.29) is 91.1 Å². The topological polar surface area (TPSA) is 179 Å². The summed E-state index contributed by atoms with van der Waals surface area (Å²) in [4.78, 5) is 49.3. The molecule has 0 aliphatic carbocycles. The molecule has 4 aliphatic rings. The van der Waals surface area contributed by atoms with Crippen molar-refractivity contribution >= 4 is 47.4 Å². The monoisotopic (exact) mass is 946 g/mol. The molecule has 0 aromatic heterocycles. The molecule has 350 valence electrons. The summed E-state index contributed by atoms with van der Waals surface area (Å²) in [6.07, 6.45) is 0. The molecule has 4 aromatic rings. The number of rotatable bonds is 16. The Balaban J connectivity index is 1.10. The van der Waals surface area contributed by atoms with Gasteiger partial charge in [0.25, 0.3) is 0 Å². The van der Waals surface area contributed by atoms with Crippen molar-refractivity contribution in [1.29, 1.82) is 0 Å². The van der Waals surface area contributed by atoms with Crippen LogP contribution in [0.2, 0.25) is 0 Å². The van der Waals surface area contributed by atoms with Crippen LogP contribution < -0.4 is 18.9 Å². The van der Waals surface area contributed by atoms with Gasteiger partial charge in [-0.05, 0) is 36.4 Å². The van der Waals surface area contributed by atoms with Crippen molar-refractivity contribution in [2.24, 2.45) is 11.8 Å². The molecule has 66 heavy (non-hydrogen) atoms. The second-order valence-corrected chi connectivity index (χ2v) is 17.6. The summed E-state index contributed by atoms with van der Waals surface area (Å²) in [6.45, 7) is 6.61. The van der Waals surface area contributed by atoms with Gasteiger partial charge in [-0.25, -0.2) is 0 Å². The van der Waals surface area contributed by atoms with E-state index >= 15 is 0 Å². The average molecular weight is 947 g/mol. The number of hydrogen-bond acceptors (Lipinski definition) is 18. The molecule has 4 aliphatic heterocycles. The van der Waals surface area contributed by atoms with E-state index in [4.69, 9.17) is 56.8 Å². The SMILES string of the molecule is CC(=O)OCCOc1ccc2c(c1OCCOC(C)=O)Sc1ccccc1C21OCC2COC3(OCC2CO1)c1ccccc1Sc1c3ccc(OCCOC(C)=O)c1OCCOC(C)=O. The van der Waals surface area contributed by atoms with Crippen LogP contribution in [0.4, 0.5) is 0 Å². The molecule has 18 heteroatoms. The molecule has 0 N–H and O–H groups in total. The van der Waals surface area contributed by atoms with Crippen molar-refractivity contribution in [1.82, 2.24) is 0 Å². The molecule has 2 saturated heterocycles. The lowest BCUT2D eigenvalue weighted by atomic mass is 9.95. The van der Waals surface area contributed by atoms with E-state index in [0.29, 0.717) is 43.9 Å². The molecule has 8 rings (SSSR count). The summed E-state index contributed by atoms with van der Waals surface area (Å²) in [7, 11) is 0. The number of ether oxygens (including phenoxy) is 12. The van der Waals surface area contributed by atoms with Gasteiger partial charge in [-0.15, -0.1) is 0 Å². The Bertz CT molecular complexity index is 2260. The first-order valence-corrected chi connectivity index (χ1v) is 23.1. The van der Waals surface area contributed by atoms with Gasteiger partial charge in [0.2, 0.25) is 11.6 Å². The van der Waals surface area contributed by atoms with E-state index in [9.17, 15) is 19.2 Å². The third kappa shape index (κ3) is 10.1. The summed E-state index contributed by atoms with van der Waals surface area (Å²) in [5, 5.41) is 0. The minimum atomic E-state index is -1.36. The highest BCUT2D eigenvalue weighted by Gasteiger charge is 2.52. The largest absolute Gasteiger partial charge is 0.486 e. The maximum absolute atomic E-state index is 11.6. The molecule has 2 spiro atoms. The molecule has 0 radical (unpaired) electrons. The Morgan fingerprint density at radius 3 is 1.14 bits per heavy atom. The molecule has 0 amide bonds. The van der Waals surface area contributed by atoms with Gasteiger partial charge in [-0.2, -0.15) is 0 Å². The Morgan fingerprint density at radius 1 is 0.455 bits per heavy atom. The van der Waals surface area contributed by atoms with Crippen LogP contribution in [0.5, 0.6) is 23.0 Å². The van der Waals surface area contributed by atoms with Crippen molar-refractivity contribution in [3.63, 3.8) is 0 Å². The van der Waals surface area contributed by atoms with Crippen LogP contribution in [0.15, 0.2) is 92.4 Å². The van der Waals surface area contributed by atoms with Crippen molar-refractivity contribution in [2.45, 2.75) is 58.9 Å². The van der Waals surface area contributed by atoms with Gasteiger partial charge in [-0.1, -0.05) is 59.9 Å². The predicted octanol–water partition coefficient (Wildman–Crippen LogP) is 6.81. The van der Waals surface area contributed by atoms with E-state index in [2.05, 4.69) is 0 Å². The number of fused-ring (bicyclic) bond motifs is 9. The minimum Gasteiger partial charge on any atom is -0.486 e. The minimum absolute atomic E-state index is 0.0147. The average Bonchev–Trinajstić information content (AvgIpc) is 3.59. The van der Waals surface area contributed by atoms with E-state index < -0.39 is 35.5 Å². The molecule has 2 fully saturated rings. The number of hydrogen-bond donors (Lipinski definition) is 0. The molecule has 4 heterocycles. The fourth-order valence-electron chi connectivity index (χ4n) is 8.05. The molecule has 0 atom stereocenters. The molecule has 16 nitrogen and oxygen atoms in total. The van der Waals surface area contributed by atoms with E-state index in [1.54, 1.807) is 12.1 Å². The zero-order valence-electron chi connectivity index (χ0n) is 36.9. The van der Waals surface area contributed by atoms with Gasteiger partial charge in [0.05, 0.1) is 36.2 Å². The van der Waals surface area contributed by atoms with Gasteiger partial charge >= 0.3 is 23.9 Å². The maximum Gasteiger partial charge on any atom is 0.302 e. The van der Waals surface area contributed by atoms with E-state index in [0.717, 1.165) is 20.9 Å². The normalized spacial score (nSPS) is 21.3. The smallest absolute Gasteiger partial charge is 0.302 e. The summed E-state index contributed by atoms with van der Waals surface area (Å²) < 4.78 is 73.7. The second-order valence-electron chi connectivity index (χ2n) is 15.5. The Hall–Kier alpha value is -5.50. The van der Waals surface area contributed by atoms with Gasteiger partial charge in [-0.3, -0.25) is 19.2 Å². The first-order chi connectivity index (χ1) is 32.0. The van der Waals surface area contributed by atoms with Gasteiger partial charge in [0.1, 0.15) is 52.9 Å². The van der Waals surface area contributed by atoms with Gasteiger partial charge in [0, 0.05) is 71.6 Å². The fourth-order valence-corrected chi connectivity index (χ4v) is 10.5. The van der Waals surface area contributed by atoms with Crippen LogP contribution in [0.1, 0.15) is 49.9 Å². The van der Waals surface area contributed by atoms with Crippen molar-refractivity contribution in [3.8, 4) is 23.0 Å². The van der Waals surface area contributed by atoms with Crippen molar-refractivity contribution in [3.05, 3.63) is 95.1 Å². The predicted molar refractivity (Wildman–Crippen MR) is 235 cm³/mol. The molecule has 0 bridgehead atoms. The second kappa shape index (κ2) is 21.0. The van der Waals surface area contributed by atoms with E-state index in [1.165, 1.54) is 51.2 Å². The third-order valence-electron chi connectivity index (χ3n) is 11.0. The Labute approximate surface area is 390 Å². The van der Waals surface area contributed by atoms with E-state index in [1.807, 2.05) is 60.7 Å². The highest BCUT2D eigenvalue weighted by Crippen LogP contribution is 2.59. The maximum atomic E-state index is 11.6. The number of esters is 4. The first kappa shape index (κ1) is 47.0. The highest BCUT2D eigenvalue weighted by molar-refractivity contribution is 8.00. The van der Waals surface area contributed by atoms with Crippen molar-refractivity contribution < 1.29 is 76.0 Å². The van der Waals surface area contributed by atoms with Crippen LogP contribution in [0.25, 0.3) is 0 Å².